The number of H-pyrrole nitrogens is 1. The second kappa shape index (κ2) is 9.12. The monoisotopic (exact) mass is 405 g/mol. The van der Waals surface area contributed by atoms with Crippen LogP contribution in [0.25, 0.3) is 11.0 Å². The van der Waals surface area contributed by atoms with Crippen LogP contribution in [0, 0.1) is 6.92 Å². The van der Waals surface area contributed by atoms with Gasteiger partial charge in [0.15, 0.2) is 0 Å². The molecule has 0 fully saturated rings. The van der Waals surface area contributed by atoms with E-state index in [9.17, 15) is 0 Å². The van der Waals surface area contributed by atoms with E-state index in [0.29, 0.717) is 18.2 Å². The molecule has 1 heterocycles. The maximum Gasteiger partial charge on any atom is 0.124 e. The van der Waals surface area contributed by atoms with Crippen LogP contribution >= 0.6 is 11.6 Å². The van der Waals surface area contributed by atoms with Crippen LogP contribution in [0.1, 0.15) is 22.5 Å². The summed E-state index contributed by atoms with van der Waals surface area (Å²) in [6, 6.07) is 22.2. The Labute approximate surface area is 175 Å². The van der Waals surface area contributed by atoms with Gasteiger partial charge in [-0.15, -0.1) is 0 Å². The molecule has 0 saturated carbocycles. The Balaban J connectivity index is 1.34. The van der Waals surface area contributed by atoms with Crippen molar-refractivity contribution in [2.75, 3.05) is 6.54 Å². The number of nitrogens with one attached hydrogen (secondary N) is 2. The minimum absolute atomic E-state index is 0.537. The largest absolute Gasteiger partial charge is 0.489 e. The molecular formula is C24H24ClN3O. The van der Waals surface area contributed by atoms with E-state index >= 15 is 0 Å². The summed E-state index contributed by atoms with van der Waals surface area (Å²) in [5.74, 6) is 1.84. The van der Waals surface area contributed by atoms with Gasteiger partial charge in [0.2, 0.25) is 0 Å². The zero-order valence-electron chi connectivity index (χ0n) is 16.4. The summed E-state index contributed by atoms with van der Waals surface area (Å²) in [4.78, 5) is 7.98. The molecule has 0 atom stereocenters. The normalized spacial score (nSPS) is 11.1. The predicted molar refractivity (Wildman–Crippen MR) is 118 cm³/mol. The molecule has 5 heteroatoms. The molecule has 0 aliphatic heterocycles. The molecule has 4 nitrogen and oxygen atoms in total. The summed E-state index contributed by atoms with van der Waals surface area (Å²) in [5.41, 5.74) is 5.52. The molecule has 4 aromatic rings. The molecular weight excluding hydrogens is 382 g/mol. The molecule has 3 aromatic carbocycles. The van der Waals surface area contributed by atoms with E-state index in [1.165, 1.54) is 5.56 Å². The molecule has 148 valence electrons. The maximum atomic E-state index is 6.21. The zero-order chi connectivity index (χ0) is 20.1. The molecule has 0 saturated heterocycles. The van der Waals surface area contributed by atoms with Crippen LogP contribution in [0.3, 0.4) is 0 Å². The molecule has 1 aromatic heterocycles. The summed E-state index contributed by atoms with van der Waals surface area (Å²) < 4.78 is 6.07. The van der Waals surface area contributed by atoms with Crippen LogP contribution in [0.4, 0.5) is 0 Å². The number of benzene rings is 3. The fourth-order valence-corrected chi connectivity index (χ4v) is 3.54. The number of ether oxygens (including phenoxy) is 1. The van der Waals surface area contributed by atoms with E-state index in [1.54, 1.807) is 0 Å². The van der Waals surface area contributed by atoms with E-state index in [2.05, 4.69) is 46.5 Å². The van der Waals surface area contributed by atoms with E-state index in [-0.39, 0.29) is 0 Å². The van der Waals surface area contributed by atoms with Gasteiger partial charge in [0.05, 0.1) is 11.0 Å². The van der Waals surface area contributed by atoms with E-state index < -0.39 is 0 Å². The van der Waals surface area contributed by atoms with Crippen molar-refractivity contribution in [3.8, 4) is 5.75 Å². The van der Waals surface area contributed by atoms with Crippen molar-refractivity contribution < 1.29 is 4.74 Å². The third-order valence-corrected chi connectivity index (χ3v) is 5.03. The zero-order valence-corrected chi connectivity index (χ0v) is 17.2. The highest BCUT2D eigenvalue weighted by Crippen LogP contribution is 2.24. The van der Waals surface area contributed by atoms with Gasteiger partial charge in [0.1, 0.15) is 18.2 Å². The van der Waals surface area contributed by atoms with E-state index in [4.69, 9.17) is 16.3 Å². The lowest BCUT2D eigenvalue weighted by atomic mass is 10.1. The molecule has 0 radical (unpaired) electrons. The Morgan fingerprint density at radius 1 is 1.03 bits per heavy atom. The fourth-order valence-electron chi connectivity index (χ4n) is 3.34. The van der Waals surface area contributed by atoms with Crippen molar-refractivity contribution in [1.82, 2.24) is 15.3 Å². The predicted octanol–water partition coefficient (Wildman–Crippen LogP) is 5.44. The van der Waals surface area contributed by atoms with Crippen molar-refractivity contribution in [3.63, 3.8) is 0 Å². The third kappa shape index (κ3) is 5.17. The van der Waals surface area contributed by atoms with Gasteiger partial charge in [-0.05, 0) is 42.8 Å². The Bertz CT molecular complexity index is 1070. The fraction of sp³-hybridized carbons (Fsp3) is 0.208. The van der Waals surface area contributed by atoms with Gasteiger partial charge in [-0.1, -0.05) is 53.6 Å². The standard InChI is InChI=1S/C24H24ClN3O/c1-17-5-4-6-18(13-17)16-29-23-10-9-20(25)14-19(23)15-26-12-11-24-27-21-7-2-3-8-22(21)28-24/h2-10,13-14,26H,11-12,15-16H2,1H3,(H,27,28). The van der Waals surface area contributed by atoms with Gasteiger partial charge in [0, 0.05) is 30.1 Å². The molecule has 29 heavy (non-hydrogen) atoms. The highest BCUT2D eigenvalue weighted by atomic mass is 35.5. The maximum absolute atomic E-state index is 6.21. The first-order valence-corrected chi connectivity index (χ1v) is 10.2. The summed E-state index contributed by atoms with van der Waals surface area (Å²) in [6.45, 7) is 4.12. The summed E-state index contributed by atoms with van der Waals surface area (Å²) in [7, 11) is 0. The Morgan fingerprint density at radius 3 is 2.79 bits per heavy atom. The van der Waals surface area contributed by atoms with Gasteiger partial charge in [-0.3, -0.25) is 0 Å². The summed E-state index contributed by atoms with van der Waals surface area (Å²) in [5, 5.41) is 4.18. The first kappa shape index (κ1) is 19.5. The number of aromatic amines is 1. The van der Waals surface area contributed by atoms with Crippen molar-refractivity contribution >= 4 is 22.6 Å². The average molecular weight is 406 g/mol. The average Bonchev–Trinajstić information content (AvgIpc) is 3.13. The number of rotatable bonds is 8. The van der Waals surface area contributed by atoms with Crippen LogP contribution in [-0.4, -0.2) is 16.5 Å². The molecule has 4 rings (SSSR count). The minimum atomic E-state index is 0.537. The molecule has 0 spiro atoms. The van der Waals surface area contributed by atoms with Gasteiger partial charge in [0.25, 0.3) is 0 Å². The van der Waals surface area contributed by atoms with Crippen molar-refractivity contribution in [2.24, 2.45) is 0 Å². The van der Waals surface area contributed by atoms with Gasteiger partial charge in [-0.2, -0.15) is 0 Å². The second-order valence-corrected chi connectivity index (χ2v) is 7.59. The first-order chi connectivity index (χ1) is 14.2. The number of hydrogen-bond acceptors (Lipinski definition) is 3. The number of aromatic nitrogens is 2. The Kier molecular flexibility index (Phi) is 6.13. The lowest BCUT2D eigenvalue weighted by Gasteiger charge is -2.13. The molecule has 0 unspecified atom stereocenters. The SMILES string of the molecule is Cc1cccc(COc2ccc(Cl)cc2CNCCc2nc3ccccc3[nH]2)c1. The van der Waals surface area contributed by atoms with Crippen LogP contribution < -0.4 is 10.1 Å². The lowest BCUT2D eigenvalue weighted by Crippen LogP contribution is -2.17. The number of para-hydroxylation sites is 2. The van der Waals surface area contributed by atoms with Gasteiger partial charge in [-0.25, -0.2) is 4.98 Å². The molecule has 0 aliphatic rings. The third-order valence-electron chi connectivity index (χ3n) is 4.79. The van der Waals surface area contributed by atoms with Crippen LogP contribution in [-0.2, 0) is 19.6 Å². The molecule has 2 N–H and O–H groups in total. The van der Waals surface area contributed by atoms with Crippen molar-refractivity contribution in [2.45, 2.75) is 26.5 Å². The topological polar surface area (TPSA) is 49.9 Å². The second-order valence-electron chi connectivity index (χ2n) is 7.16. The number of fused-ring (bicyclic) bond motifs is 1. The molecule has 0 bridgehead atoms. The lowest BCUT2D eigenvalue weighted by molar-refractivity contribution is 0.302. The number of halogens is 1. The highest BCUT2D eigenvalue weighted by Gasteiger charge is 2.07. The number of nitrogens with zero attached hydrogens (tertiary/aromatic N) is 1. The Morgan fingerprint density at radius 2 is 1.93 bits per heavy atom. The van der Waals surface area contributed by atoms with Gasteiger partial charge < -0.3 is 15.0 Å². The smallest absolute Gasteiger partial charge is 0.124 e. The van der Waals surface area contributed by atoms with E-state index in [0.717, 1.165) is 46.7 Å². The quantitative estimate of drug-likeness (QED) is 0.384. The van der Waals surface area contributed by atoms with Crippen LogP contribution in [0.2, 0.25) is 5.02 Å². The summed E-state index contributed by atoms with van der Waals surface area (Å²) >= 11 is 6.21. The summed E-state index contributed by atoms with van der Waals surface area (Å²) in [6.07, 6.45) is 0.828. The number of aryl methyl sites for hydroxylation is 1. The Hall–Kier alpha value is -2.82. The van der Waals surface area contributed by atoms with Crippen molar-refractivity contribution in [1.29, 1.82) is 0 Å². The van der Waals surface area contributed by atoms with Gasteiger partial charge >= 0.3 is 0 Å². The molecule has 0 aliphatic carbocycles. The van der Waals surface area contributed by atoms with E-state index in [1.807, 2.05) is 42.5 Å². The van der Waals surface area contributed by atoms with Crippen LogP contribution in [0.15, 0.2) is 66.7 Å². The minimum Gasteiger partial charge on any atom is -0.489 e. The first-order valence-electron chi connectivity index (χ1n) is 9.78. The number of imidazole rings is 1. The number of hydrogen-bond donors (Lipinski definition) is 2. The highest BCUT2D eigenvalue weighted by molar-refractivity contribution is 6.30. The molecule has 0 amide bonds. The van der Waals surface area contributed by atoms with Crippen LogP contribution in [0.5, 0.6) is 5.75 Å². The van der Waals surface area contributed by atoms with Crippen molar-refractivity contribution in [3.05, 3.63) is 94.3 Å².